The van der Waals surface area contributed by atoms with Crippen LogP contribution < -0.4 is 5.32 Å². The lowest BCUT2D eigenvalue weighted by Crippen LogP contribution is -2.33. The molecule has 1 aromatic heterocycles. The minimum absolute atomic E-state index is 0.285. The summed E-state index contributed by atoms with van der Waals surface area (Å²) in [7, 11) is 0. The van der Waals surface area contributed by atoms with Crippen molar-refractivity contribution in [1.29, 1.82) is 0 Å². The Morgan fingerprint density at radius 3 is 3.11 bits per heavy atom. The van der Waals surface area contributed by atoms with Crippen molar-refractivity contribution >= 4 is 5.78 Å². The number of hydrogen-bond acceptors (Lipinski definition) is 4. The molecular formula is C13H22N4O. The summed E-state index contributed by atoms with van der Waals surface area (Å²) in [6, 6.07) is 0. The Hall–Kier alpha value is -1.20. The van der Waals surface area contributed by atoms with Gasteiger partial charge in [0.15, 0.2) is 5.78 Å². The molecule has 0 radical (unpaired) electrons. The fraction of sp³-hybridized carbons (Fsp3) is 0.692. The topological polar surface area (TPSA) is 50.2 Å². The largest absolute Gasteiger partial charge is 0.315 e. The molecule has 1 aliphatic rings. The highest BCUT2D eigenvalue weighted by atomic mass is 16.1. The summed E-state index contributed by atoms with van der Waals surface area (Å²) in [6.45, 7) is 7.51. The van der Waals surface area contributed by atoms with Gasteiger partial charge >= 0.3 is 0 Å². The number of Topliss-reactive ketones (excluding diaryl/α,β-unsaturated/α-hetero) is 1. The van der Waals surface area contributed by atoms with Crippen molar-refractivity contribution in [3.63, 3.8) is 0 Å². The number of aryl methyl sites for hydroxylation is 1. The molecule has 0 amide bonds. The maximum Gasteiger partial charge on any atom is 0.151 e. The summed E-state index contributed by atoms with van der Waals surface area (Å²) in [5, 5.41) is 7.54. The molecule has 0 bridgehead atoms. The highest BCUT2D eigenvalue weighted by molar-refractivity contribution is 5.82. The van der Waals surface area contributed by atoms with E-state index in [1.54, 1.807) is 6.20 Å². The van der Waals surface area contributed by atoms with E-state index in [0.29, 0.717) is 13.0 Å². The first-order valence-corrected chi connectivity index (χ1v) is 6.74. The maximum absolute atomic E-state index is 12.0. The number of hydrogen-bond donors (Lipinski definition) is 1. The minimum Gasteiger partial charge on any atom is -0.315 e. The monoisotopic (exact) mass is 250 g/mol. The fourth-order valence-corrected chi connectivity index (χ4v) is 2.26. The number of aromatic nitrogens is 2. The van der Waals surface area contributed by atoms with Gasteiger partial charge in [-0.1, -0.05) is 0 Å². The molecule has 18 heavy (non-hydrogen) atoms. The Bertz CT molecular complexity index is 380. The summed E-state index contributed by atoms with van der Waals surface area (Å²) in [5.41, 5.74) is 1.02. The van der Waals surface area contributed by atoms with Gasteiger partial charge < -0.3 is 5.32 Å². The molecular weight excluding hydrogens is 228 g/mol. The van der Waals surface area contributed by atoms with Crippen molar-refractivity contribution in [3.05, 3.63) is 18.0 Å². The fourth-order valence-electron chi connectivity index (χ4n) is 2.26. The van der Waals surface area contributed by atoms with Gasteiger partial charge in [0.05, 0.1) is 12.7 Å². The van der Waals surface area contributed by atoms with E-state index in [0.717, 1.165) is 44.7 Å². The van der Waals surface area contributed by atoms with Gasteiger partial charge in [0.2, 0.25) is 0 Å². The van der Waals surface area contributed by atoms with Crippen LogP contribution in [0.3, 0.4) is 0 Å². The maximum atomic E-state index is 12.0. The number of rotatable bonds is 5. The Morgan fingerprint density at radius 2 is 2.33 bits per heavy atom. The molecule has 0 aromatic carbocycles. The predicted octanol–water partition coefficient (Wildman–Crippen LogP) is 0.310. The third-order valence-electron chi connectivity index (χ3n) is 3.24. The number of ketones is 1. The summed E-state index contributed by atoms with van der Waals surface area (Å²) in [5.74, 6) is 0.285. The molecule has 5 nitrogen and oxygen atoms in total. The molecule has 0 aliphatic carbocycles. The molecule has 1 saturated heterocycles. The van der Waals surface area contributed by atoms with Crippen LogP contribution >= 0.6 is 0 Å². The standard InChI is InChI=1S/C13H22N4O/c1-2-17-10-12(9-15-17)8-13(18)11-16-6-3-4-14-5-7-16/h9-10,14H,2-8,11H2,1H3. The highest BCUT2D eigenvalue weighted by Crippen LogP contribution is 2.02. The van der Waals surface area contributed by atoms with E-state index in [1.165, 1.54) is 0 Å². The average molecular weight is 250 g/mol. The van der Waals surface area contributed by atoms with Crippen LogP contribution in [-0.4, -0.2) is 53.2 Å². The van der Waals surface area contributed by atoms with Gasteiger partial charge in [-0.05, 0) is 32.0 Å². The van der Waals surface area contributed by atoms with Crippen LogP contribution in [0.15, 0.2) is 12.4 Å². The lowest BCUT2D eigenvalue weighted by molar-refractivity contribution is -0.119. The molecule has 2 rings (SSSR count). The molecule has 100 valence electrons. The molecule has 1 fully saturated rings. The third kappa shape index (κ3) is 3.92. The predicted molar refractivity (Wildman–Crippen MR) is 70.5 cm³/mol. The van der Waals surface area contributed by atoms with Crippen molar-refractivity contribution < 1.29 is 4.79 Å². The summed E-state index contributed by atoms with van der Waals surface area (Å²) in [6.07, 6.45) is 5.39. The van der Waals surface area contributed by atoms with E-state index in [-0.39, 0.29) is 5.78 Å². The highest BCUT2D eigenvalue weighted by Gasteiger charge is 2.13. The second-order valence-corrected chi connectivity index (χ2v) is 4.80. The Balaban J connectivity index is 1.80. The van der Waals surface area contributed by atoms with E-state index < -0.39 is 0 Å². The van der Waals surface area contributed by atoms with Crippen molar-refractivity contribution in [1.82, 2.24) is 20.0 Å². The molecule has 0 atom stereocenters. The van der Waals surface area contributed by atoms with E-state index in [1.807, 2.05) is 17.8 Å². The van der Waals surface area contributed by atoms with Gasteiger partial charge in [-0.2, -0.15) is 5.10 Å². The number of nitrogens with one attached hydrogen (secondary N) is 1. The average Bonchev–Trinajstić information content (AvgIpc) is 2.65. The van der Waals surface area contributed by atoms with Gasteiger partial charge in [0, 0.05) is 32.3 Å². The van der Waals surface area contributed by atoms with Crippen molar-refractivity contribution in [2.24, 2.45) is 0 Å². The lowest BCUT2D eigenvalue weighted by Gasteiger charge is -2.17. The quantitative estimate of drug-likeness (QED) is 0.817. The van der Waals surface area contributed by atoms with E-state index in [9.17, 15) is 4.79 Å². The summed E-state index contributed by atoms with van der Waals surface area (Å²) < 4.78 is 1.86. The van der Waals surface area contributed by atoms with E-state index in [2.05, 4.69) is 15.3 Å². The van der Waals surface area contributed by atoms with Gasteiger partial charge in [-0.15, -0.1) is 0 Å². The first-order valence-electron chi connectivity index (χ1n) is 6.74. The summed E-state index contributed by atoms with van der Waals surface area (Å²) >= 11 is 0. The number of nitrogens with zero attached hydrogens (tertiary/aromatic N) is 3. The normalized spacial score (nSPS) is 17.6. The second kappa shape index (κ2) is 6.66. The SMILES string of the molecule is CCn1cc(CC(=O)CN2CCCNCC2)cn1. The third-order valence-corrected chi connectivity index (χ3v) is 3.24. The van der Waals surface area contributed by atoms with Crippen LogP contribution in [0.4, 0.5) is 0 Å². The summed E-state index contributed by atoms with van der Waals surface area (Å²) in [4.78, 5) is 14.2. The minimum atomic E-state index is 0.285. The van der Waals surface area contributed by atoms with Gasteiger partial charge in [0.1, 0.15) is 0 Å². The van der Waals surface area contributed by atoms with Crippen LogP contribution in [0.25, 0.3) is 0 Å². The lowest BCUT2D eigenvalue weighted by atomic mass is 10.1. The molecule has 0 unspecified atom stereocenters. The molecule has 0 saturated carbocycles. The molecule has 1 aliphatic heterocycles. The molecule has 0 spiro atoms. The molecule has 1 N–H and O–H groups in total. The van der Waals surface area contributed by atoms with Gasteiger partial charge in [0.25, 0.3) is 0 Å². The van der Waals surface area contributed by atoms with Gasteiger partial charge in [-0.25, -0.2) is 0 Å². The Labute approximate surface area is 108 Å². The smallest absolute Gasteiger partial charge is 0.151 e. The Morgan fingerprint density at radius 1 is 1.44 bits per heavy atom. The van der Waals surface area contributed by atoms with Crippen molar-refractivity contribution in [2.45, 2.75) is 26.3 Å². The van der Waals surface area contributed by atoms with Crippen LogP contribution in [0.5, 0.6) is 0 Å². The van der Waals surface area contributed by atoms with Crippen molar-refractivity contribution in [2.75, 3.05) is 32.7 Å². The van der Waals surface area contributed by atoms with Gasteiger partial charge in [-0.3, -0.25) is 14.4 Å². The number of carbonyl (C=O) groups is 1. The van der Waals surface area contributed by atoms with Crippen LogP contribution in [-0.2, 0) is 17.8 Å². The first-order chi connectivity index (χ1) is 8.78. The van der Waals surface area contributed by atoms with Crippen LogP contribution in [0, 0.1) is 0 Å². The Kier molecular flexibility index (Phi) is 4.90. The zero-order valence-corrected chi connectivity index (χ0v) is 11.1. The first kappa shape index (κ1) is 13.2. The van der Waals surface area contributed by atoms with Crippen LogP contribution in [0.1, 0.15) is 18.9 Å². The van der Waals surface area contributed by atoms with E-state index >= 15 is 0 Å². The van der Waals surface area contributed by atoms with Crippen LogP contribution in [0.2, 0.25) is 0 Å². The number of carbonyl (C=O) groups excluding carboxylic acids is 1. The zero-order valence-electron chi connectivity index (χ0n) is 11.1. The molecule has 2 heterocycles. The second-order valence-electron chi connectivity index (χ2n) is 4.80. The molecule has 5 heteroatoms. The van der Waals surface area contributed by atoms with E-state index in [4.69, 9.17) is 0 Å². The molecule has 1 aromatic rings. The van der Waals surface area contributed by atoms with Crippen molar-refractivity contribution in [3.8, 4) is 0 Å². The zero-order chi connectivity index (χ0) is 12.8.